The standard InChI is InChI=1S/C14H23N3O2S/c1-10-5-6-14(12(15)7-10)20(18,19)17-8-11(2)13(9-17)16(3)4/h5-7,11,13H,8-9,15H2,1-4H3. The first-order valence-corrected chi connectivity index (χ1v) is 8.20. The van der Waals surface area contributed by atoms with E-state index in [1.54, 1.807) is 22.5 Å². The highest BCUT2D eigenvalue weighted by Gasteiger charge is 2.38. The first-order valence-electron chi connectivity index (χ1n) is 6.76. The molecule has 1 saturated heterocycles. The Bertz CT molecular complexity index is 598. The predicted molar refractivity (Wildman–Crippen MR) is 81.0 cm³/mol. The molecule has 5 nitrogen and oxygen atoms in total. The zero-order chi connectivity index (χ0) is 15.1. The molecule has 0 aliphatic carbocycles. The Kier molecular flexibility index (Phi) is 4.09. The maximum atomic E-state index is 12.7. The summed E-state index contributed by atoms with van der Waals surface area (Å²) in [5, 5.41) is 0. The molecule has 1 aromatic carbocycles. The van der Waals surface area contributed by atoms with Crippen LogP contribution in [0.2, 0.25) is 0 Å². The van der Waals surface area contributed by atoms with Crippen LogP contribution in [0.25, 0.3) is 0 Å². The number of nitrogens with zero attached hydrogens (tertiary/aromatic N) is 2. The topological polar surface area (TPSA) is 66.6 Å². The van der Waals surface area contributed by atoms with Gasteiger partial charge in [-0.05, 0) is 44.6 Å². The number of nitrogen functional groups attached to an aromatic ring is 1. The van der Waals surface area contributed by atoms with Crippen molar-refractivity contribution in [1.29, 1.82) is 0 Å². The lowest BCUT2D eigenvalue weighted by Gasteiger charge is -2.22. The third-order valence-electron chi connectivity index (χ3n) is 3.99. The van der Waals surface area contributed by atoms with Gasteiger partial charge in [0.25, 0.3) is 0 Å². The number of likely N-dealkylation sites (N-methyl/N-ethyl adjacent to an activating group) is 1. The highest BCUT2D eigenvalue weighted by molar-refractivity contribution is 7.89. The van der Waals surface area contributed by atoms with E-state index in [9.17, 15) is 8.42 Å². The Morgan fingerprint density at radius 1 is 1.30 bits per heavy atom. The largest absolute Gasteiger partial charge is 0.398 e. The van der Waals surface area contributed by atoms with E-state index >= 15 is 0 Å². The molecule has 112 valence electrons. The van der Waals surface area contributed by atoms with Gasteiger partial charge in [0.1, 0.15) is 4.90 Å². The first-order chi connectivity index (χ1) is 9.23. The van der Waals surface area contributed by atoms with Crippen molar-refractivity contribution in [3.8, 4) is 0 Å². The van der Waals surface area contributed by atoms with Crippen molar-refractivity contribution in [1.82, 2.24) is 9.21 Å². The molecule has 1 heterocycles. The van der Waals surface area contributed by atoms with E-state index < -0.39 is 10.0 Å². The van der Waals surface area contributed by atoms with Crippen molar-refractivity contribution in [2.24, 2.45) is 5.92 Å². The Balaban J connectivity index is 2.32. The maximum absolute atomic E-state index is 12.7. The number of aryl methyl sites for hydroxylation is 1. The van der Waals surface area contributed by atoms with Gasteiger partial charge in [-0.1, -0.05) is 13.0 Å². The smallest absolute Gasteiger partial charge is 0.245 e. The minimum atomic E-state index is -3.50. The average Bonchev–Trinajstić information content (AvgIpc) is 2.71. The van der Waals surface area contributed by atoms with Crippen molar-refractivity contribution < 1.29 is 8.42 Å². The van der Waals surface area contributed by atoms with E-state index in [2.05, 4.69) is 11.8 Å². The highest BCUT2D eigenvalue weighted by Crippen LogP contribution is 2.29. The van der Waals surface area contributed by atoms with Crippen LogP contribution < -0.4 is 5.73 Å². The van der Waals surface area contributed by atoms with Gasteiger partial charge in [-0.2, -0.15) is 4.31 Å². The van der Waals surface area contributed by atoms with Gasteiger partial charge in [0.15, 0.2) is 0 Å². The third-order valence-corrected chi connectivity index (χ3v) is 5.89. The Morgan fingerprint density at radius 3 is 2.45 bits per heavy atom. The Labute approximate surface area is 121 Å². The molecule has 2 N–H and O–H groups in total. The van der Waals surface area contributed by atoms with Crippen molar-refractivity contribution in [3.63, 3.8) is 0 Å². The number of hydrogen-bond donors (Lipinski definition) is 1. The SMILES string of the molecule is Cc1ccc(S(=O)(=O)N2CC(C)C(N(C)C)C2)c(N)c1. The number of anilines is 1. The van der Waals surface area contributed by atoms with Gasteiger partial charge in [0, 0.05) is 19.1 Å². The highest BCUT2D eigenvalue weighted by atomic mass is 32.2. The predicted octanol–water partition coefficient (Wildman–Crippen LogP) is 1.15. The summed E-state index contributed by atoms with van der Waals surface area (Å²) in [6.07, 6.45) is 0. The molecule has 6 heteroatoms. The molecule has 20 heavy (non-hydrogen) atoms. The molecular weight excluding hydrogens is 274 g/mol. The lowest BCUT2D eigenvalue weighted by atomic mass is 10.1. The quantitative estimate of drug-likeness (QED) is 0.850. The summed E-state index contributed by atoms with van der Waals surface area (Å²) in [6, 6.07) is 5.34. The van der Waals surface area contributed by atoms with Crippen molar-refractivity contribution >= 4 is 15.7 Å². The van der Waals surface area contributed by atoms with E-state index in [1.807, 2.05) is 21.0 Å². The fraction of sp³-hybridized carbons (Fsp3) is 0.571. The fourth-order valence-electron chi connectivity index (χ4n) is 2.82. The van der Waals surface area contributed by atoms with Gasteiger partial charge in [-0.25, -0.2) is 8.42 Å². The fourth-order valence-corrected chi connectivity index (χ4v) is 4.47. The molecule has 0 radical (unpaired) electrons. The summed E-state index contributed by atoms with van der Waals surface area (Å²) < 4.78 is 27.0. The molecule has 0 aromatic heterocycles. The molecule has 2 unspecified atom stereocenters. The maximum Gasteiger partial charge on any atom is 0.245 e. The second kappa shape index (κ2) is 5.35. The molecule has 0 amide bonds. The van der Waals surface area contributed by atoms with E-state index in [0.29, 0.717) is 24.7 Å². The third kappa shape index (κ3) is 2.68. The lowest BCUT2D eigenvalue weighted by Crippen LogP contribution is -2.36. The first kappa shape index (κ1) is 15.3. The van der Waals surface area contributed by atoms with Crippen LogP contribution in [0.5, 0.6) is 0 Å². The summed E-state index contributed by atoms with van der Waals surface area (Å²) in [7, 11) is 0.463. The van der Waals surface area contributed by atoms with E-state index in [0.717, 1.165) is 5.56 Å². The van der Waals surface area contributed by atoms with Crippen LogP contribution in [-0.4, -0.2) is 50.8 Å². The Hall–Kier alpha value is -1.11. The van der Waals surface area contributed by atoms with E-state index in [1.165, 1.54) is 0 Å². The normalized spacial score (nSPS) is 24.4. The van der Waals surface area contributed by atoms with Crippen molar-refractivity contribution in [2.75, 3.05) is 32.9 Å². The molecule has 2 rings (SSSR count). The lowest BCUT2D eigenvalue weighted by molar-refractivity contribution is 0.263. The zero-order valence-corrected chi connectivity index (χ0v) is 13.3. The van der Waals surface area contributed by atoms with Crippen molar-refractivity contribution in [2.45, 2.75) is 24.8 Å². The minimum Gasteiger partial charge on any atom is -0.398 e. The molecule has 0 spiro atoms. The minimum absolute atomic E-state index is 0.217. The monoisotopic (exact) mass is 297 g/mol. The molecular formula is C14H23N3O2S. The summed E-state index contributed by atoms with van der Waals surface area (Å²) in [5.74, 6) is 0.312. The summed E-state index contributed by atoms with van der Waals surface area (Å²) in [6.45, 7) is 5.04. The van der Waals surface area contributed by atoms with Crippen LogP contribution in [0.1, 0.15) is 12.5 Å². The molecule has 1 aliphatic heterocycles. The molecule has 1 aliphatic rings. The van der Waals surface area contributed by atoms with E-state index in [4.69, 9.17) is 5.73 Å². The second-order valence-electron chi connectivity index (χ2n) is 5.87. The number of sulfonamides is 1. The van der Waals surface area contributed by atoms with Gasteiger partial charge < -0.3 is 10.6 Å². The summed E-state index contributed by atoms with van der Waals surface area (Å²) in [4.78, 5) is 2.30. The Morgan fingerprint density at radius 2 is 1.95 bits per heavy atom. The zero-order valence-electron chi connectivity index (χ0n) is 12.5. The number of benzene rings is 1. The average molecular weight is 297 g/mol. The number of rotatable bonds is 3. The van der Waals surface area contributed by atoms with Crippen LogP contribution in [0.15, 0.2) is 23.1 Å². The van der Waals surface area contributed by atoms with Crippen LogP contribution in [0.3, 0.4) is 0 Å². The number of hydrogen-bond acceptors (Lipinski definition) is 4. The number of nitrogens with two attached hydrogens (primary N) is 1. The van der Waals surface area contributed by atoms with Crippen LogP contribution in [-0.2, 0) is 10.0 Å². The van der Waals surface area contributed by atoms with Crippen molar-refractivity contribution in [3.05, 3.63) is 23.8 Å². The molecule has 1 fully saturated rings. The van der Waals surface area contributed by atoms with Crippen LogP contribution in [0.4, 0.5) is 5.69 Å². The van der Waals surface area contributed by atoms with Gasteiger partial charge in [0.05, 0.1) is 5.69 Å². The molecule has 1 aromatic rings. The molecule has 0 saturated carbocycles. The second-order valence-corrected chi connectivity index (χ2v) is 7.78. The molecule has 0 bridgehead atoms. The van der Waals surface area contributed by atoms with Gasteiger partial charge >= 0.3 is 0 Å². The van der Waals surface area contributed by atoms with Gasteiger partial charge in [-0.15, -0.1) is 0 Å². The van der Waals surface area contributed by atoms with Crippen LogP contribution in [0, 0.1) is 12.8 Å². The van der Waals surface area contributed by atoms with Gasteiger partial charge in [0.2, 0.25) is 10.0 Å². The van der Waals surface area contributed by atoms with Crippen LogP contribution >= 0.6 is 0 Å². The molecule has 2 atom stereocenters. The summed E-state index contributed by atoms with van der Waals surface area (Å²) >= 11 is 0. The van der Waals surface area contributed by atoms with Gasteiger partial charge in [-0.3, -0.25) is 0 Å². The van der Waals surface area contributed by atoms with E-state index in [-0.39, 0.29) is 10.9 Å². The summed E-state index contributed by atoms with van der Waals surface area (Å²) in [5.41, 5.74) is 7.17.